The predicted molar refractivity (Wildman–Crippen MR) is 109 cm³/mol. The van der Waals surface area contributed by atoms with Crippen LogP contribution in [0.15, 0.2) is 83.3 Å². The second kappa shape index (κ2) is 7.28. The zero-order chi connectivity index (χ0) is 19.5. The highest BCUT2D eigenvalue weighted by atomic mass is 16.3. The van der Waals surface area contributed by atoms with Crippen LogP contribution < -0.4 is 16.4 Å². The van der Waals surface area contributed by atoms with Gasteiger partial charge in [0, 0.05) is 16.6 Å². The van der Waals surface area contributed by atoms with Crippen molar-refractivity contribution in [3.05, 3.63) is 90.2 Å². The first-order chi connectivity index (χ1) is 13.6. The van der Waals surface area contributed by atoms with Crippen molar-refractivity contribution in [2.24, 2.45) is 0 Å². The van der Waals surface area contributed by atoms with Gasteiger partial charge in [0.1, 0.15) is 5.58 Å². The molecule has 0 saturated carbocycles. The Bertz CT molecular complexity index is 1130. The fourth-order valence-electron chi connectivity index (χ4n) is 2.80. The van der Waals surface area contributed by atoms with Crippen LogP contribution in [0.4, 0.5) is 17.1 Å². The summed E-state index contributed by atoms with van der Waals surface area (Å²) in [6.45, 7) is 0. The van der Waals surface area contributed by atoms with Crippen LogP contribution in [0.25, 0.3) is 11.0 Å². The van der Waals surface area contributed by atoms with Crippen molar-refractivity contribution in [2.45, 2.75) is 0 Å². The van der Waals surface area contributed by atoms with Gasteiger partial charge in [-0.3, -0.25) is 9.59 Å². The molecule has 0 radical (unpaired) electrons. The van der Waals surface area contributed by atoms with E-state index in [4.69, 9.17) is 10.2 Å². The van der Waals surface area contributed by atoms with Gasteiger partial charge in [-0.1, -0.05) is 30.3 Å². The number of amides is 2. The van der Waals surface area contributed by atoms with Crippen LogP contribution in [-0.2, 0) is 0 Å². The number of nitrogens with two attached hydrogens (primary N) is 1. The molecule has 0 atom stereocenters. The molecule has 0 saturated heterocycles. The van der Waals surface area contributed by atoms with E-state index in [0.29, 0.717) is 28.2 Å². The van der Waals surface area contributed by atoms with Crippen molar-refractivity contribution < 1.29 is 14.0 Å². The number of rotatable bonds is 4. The van der Waals surface area contributed by atoms with Gasteiger partial charge in [-0.05, 0) is 48.5 Å². The third-order valence-corrected chi connectivity index (χ3v) is 4.26. The average Bonchev–Trinajstić information content (AvgIpc) is 3.15. The first-order valence-electron chi connectivity index (χ1n) is 8.66. The standard InChI is InChI=1S/C22H17N3O3/c23-17-6-2-3-7-18(17)25-21(26)14-9-11-16(12-10-14)24-22(27)20-13-15-5-1-4-8-19(15)28-20/h1-13H,23H2,(H,24,27)(H,25,26). The van der Waals surface area contributed by atoms with Crippen LogP contribution in [0.1, 0.15) is 20.9 Å². The zero-order valence-corrected chi connectivity index (χ0v) is 14.8. The van der Waals surface area contributed by atoms with Crippen molar-refractivity contribution in [3.63, 3.8) is 0 Å². The molecule has 0 aliphatic heterocycles. The number of carbonyl (C=O) groups is 2. The summed E-state index contributed by atoms with van der Waals surface area (Å²) in [6, 6.07) is 22.7. The summed E-state index contributed by atoms with van der Waals surface area (Å²) in [5.74, 6) is -0.416. The van der Waals surface area contributed by atoms with Gasteiger partial charge in [-0.25, -0.2) is 0 Å². The maximum Gasteiger partial charge on any atom is 0.291 e. The van der Waals surface area contributed by atoms with Gasteiger partial charge in [-0.2, -0.15) is 0 Å². The minimum absolute atomic E-state index is 0.225. The monoisotopic (exact) mass is 371 g/mol. The number of nitrogens with one attached hydrogen (secondary N) is 2. The zero-order valence-electron chi connectivity index (χ0n) is 14.8. The Kier molecular flexibility index (Phi) is 4.51. The van der Waals surface area contributed by atoms with Crippen molar-refractivity contribution in [1.29, 1.82) is 0 Å². The summed E-state index contributed by atoms with van der Waals surface area (Å²) in [4.78, 5) is 24.7. The number of fused-ring (bicyclic) bond motifs is 1. The van der Waals surface area contributed by atoms with E-state index >= 15 is 0 Å². The van der Waals surface area contributed by atoms with Crippen molar-refractivity contribution in [2.75, 3.05) is 16.4 Å². The molecular weight excluding hydrogens is 354 g/mol. The lowest BCUT2D eigenvalue weighted by molar-refractivity contribution is 0.0997. The number of para-hydroxylation sites is 3. The molecule has 0 bridgehead atoms. The highest BCUT2D eigenvalue weighted by Crippen LogP contribution is 2.21. The van der Waals surface area contributed by atoms with Crippen LogP contribution in [-0.4, -0.2) is 11.8 Å². The molecule has 0 aliphatic rings. The highest BCUT2D eigenvalue weighted by molar-refractivity contribution is 6.07. The van der Waals surface area contributed by atoms with Gasteiger partial charge < -0.3 is 20.8 Å². The number of anilines is 3. The number of hydrogen-bond acceptors (Lipinski definition) is 4. The molecule has 138 valence electrons. The molecule has 4 rings (SSSR count). The Balaban J connectivity index is 1.44. The third-order valence-electron chi connectivity index (χ3n) is 4.26. The van der Waals surface area contributed by atoms with E-state index in [0.717, 1.165) is 5.39 Å². The summed E-state index contributed by atoms with van der Waals surface area (Å²) in [6.07, 6.45) is 0. The maximum atomic E-state index is 12.4. The minimum Gasteiger partial charge on any atom is -0.451 e. The van der Waals surface area contributed by atoms with E-state index in [1.165, 1.54) is 0 Å². The molecule has 0 unspecified atom stereocenters. The molecule has 4 N–H and O–H groups in total. The quantitative estimate of drug-likeness (QED) is 0.459. The second-order valence-corrected chi connectivity index (χ2v) is 6.22. The third kappa shape index (κ3) is 3.57. The predicted octanol–water partition coefficient (Wildman–Crippen LogP) is 4.52. The second-order valence-electron chi connectivity index (χ2n) is 6.22. The summed E-state index contributed by atoms with van der Waals surface area (Å²) >= 11 is 0. The summed E-state index contributed by atoms with van der Waals surface area (Å²) < 4.78 is 5.55. The van der Waals surface area contributed by atoms with E-state index in [2.05, 4.69) is 10.6 Å². The molecule has 4 aromatic rings. The van der Waals surface area contributed by atoms with Gasteiger partial charge >= 0.3 is 0 Å². The lowest BCUT2D eigenvalue weighted by atomic mass is 10.1. The molecule has 6 nitrogen and oxygen atoms in total. The molecule has 0 spiro atoms. The van der Waals surface area contributed by atoms with E-state index in [-0.39, 0.29) is 17.6 Å². The van der Waals surface area contributed by atoms with E-state index in [1.54, 1.807) is 60.7 Å². The first-order valence-corrected chi connectivity index (χ1v) is 8.66. The van der Waals surface area contributed by atoms with Crippen molar-refractivity contribution in [1.82, 2.24) is 0 Å². The van der Waals surface area contributed by atoms with Gasteiger partial charge in [0.05, 0.1) is 11.4 Å². The number of benzene rings is 3. The maximum absolute atomic E-state index is 12.4. The summed E-state index contributed by atoms with van der Waals surface area (Å²) in [5, 5.41) is 6.38. The Morgan fingerprint density at radius 2 is 1.50 bits per heavy atom. The fourth-order valence-corrected chi connectivity index (χ4v) is 2.80. The average molecular weight is 371 g/mol. The lowest BCUT2D eigenvalue weighted by Crippen LogP contribution is -2.14. The molecular formula is C22H17N3O3. The number of carbonyl (C=O) groups excluding carboxylic acids is 2. The van der Waals surface area contributed by atoms with Crippen LogP contribution in [0.3, 0.4) is 0 Å². The molecule has 2 amide bonds. The Morgan fingerprint density at radius 3 is 2.25 bits per heavy atom. The van der Waals surface area contributed by atoms with Crippen LogP contribution in [0.5, 0.6) is 0 Å². The SMILES string of the molecule is Nc1ccccc1NC(=O)c1ccc(NC(=O)c2cc3ccccc3o2)cc1. The molecule has 0 fully saturated rings. The van der Waals surface area contributed by atoms with E-state index < -0.39 is 0 Å². The lowest BCUT2D eigenvalue weighted by Gasteiger charge is -2.08. The number of nitrogen functional groups attached to an aromatic ring is 1. The molecule has 1 heterocycles. The summed E-state index contributed by atoms with van der Waals surface area (Å²) in [7, 11) is 0. The first kappa shape index (κ1) is 17.4. The topological polar surface area (TPSA) is 97.4 Å². The molecule has 6 heteroatoms. The van der Waals surface area contributed by atoms with Crippen molar-refractivity contribution >= 4 is 39.8 Å². The van der Waals surface area contributed by atoms with E-state index in [9.17, 15) is 9.59 Å². The van der Waals surface area contributed by atoms with Gasteiger partial charge in [0.25, 0.3) is 11.8 Å². The Morgan fingerprint density at radius 1 is 0.786 bits per heavy atom. The highest BCUT2D eigenvalue weighted by Gasteiger charge is 2.13. The van der Waals surface area contributed by atoms with Gasteiger partial charge in [-0.15, -0.1) is 0 Å². The molecule has 3 aromatic carbocycles. The largest absolute Gasteiger partial charge is 0.451 e. The number of hydrogen-bond donors (Lipinski definition) is 3. The smallest absolute Gasteiger partial charge is 0.291 e. The van der Waals surface area contributed by atoms with Crippen LogP contribution in [0, 0.1) is 0 Å². The minimum atomic E-state index is -0.356. The van der Waals surface area contributed by atoms with Gasteiger partial charge in [0.15, 0.2) is 5.76 Å². The van der Waals surface area contributed by atoms with Crippen LogP contribution in [0.2, 0.25) is 0 Å². The van der Waals surface area contributed by atoms with E-state index in [1.807, 2.05) is 18.2 Å². The normalized spacial score (nSPS) is 10.6. The molecule has 0 aliphatic carbocycles. The van der Waals surface area contributed by atoms with Crippen LogP contribution >= 0.6 is 0 Å². The molecule has 1 aromatic heterocycles. The van der Waals surface area contributed by atoms with Crippen molar-refractivity contribution in [3.8, 4) is 0 Å². The van der Waals surface area contributed by atoms with Gasteiger partial charge in [0.2, 0.25) is 0 Å². The Labute approximate surface area is 161 Å². The summed E-state index contributed by atoms with van der Waals surface area (Å²) in [5.41, 5.74) is 8.54. The fraction of sp³-hybridized carbons (Fsp3) is 0. The number of furan rings is 1. The molecule has 28 heavy (non-hydrogen) atoms. The Hall–Kier alpha value is -4.06.